The lowest BCUT2D eigenvalue weighted by Gasteiger charge is -2.09. The molecule has 0 aliphatic heterocycles. The fourth-order valence-electron chi connectivity index (χ4n) is 1.76. The van der Waals surface area contributed by atoms with Gasteiger partial charge in [-0.05, 0) is 33.0 Å². The highest BCUT2D eigenvalue weighted by molar-refractivity contribution is 6.43. The van der Waals surface area contributed by atoms with E-state index < -0.39 is 0 Å². The molecule has 6 heteroatoms. The van der Waals surface area contributed by atoms with Crippen molar-refractivity contribution in [3.8, 4) is 5.69 Å². The van der Waals surface area contributed by atoms with Crippen molar-refractivity contribution in [3.05, 3.63) is 39.6 Å². The van der Waals surface area contributed by atoms with Crippen LogP contribution in [-0.4, -0.2) is 22.0 Å². The molecule has 0 amide bonds. The Morgan fingerprint density at radius 1 is 1.33 bits per heavy atom. The molecule has 96 valence electrons. The van der Waals surface area contributed by atoms with Gasteiger partial charge in [-0.1, -0.05) is 34.5 Å². The van der Waals surface area contributed by atoms with Crippen molar-refractivity contribution in [2.24, 2.45) is 0 Å². The van der Waals surface area contributed by atoms with Crippen molar-refractivity contribution >= 4 is 23.2 Å². The summed E-state index contributed by atoms with van der Waals surface area (Å²) < 4.78 is 1.71. The van der Waals surface area contributed by atoms with E-state index in [-0.39, 0.29) is 6.04 Å². The van der Waals surface area contributed by atoms with E-state index in [0.717, 1.165) is 17.1 Å². The van der Waals surface area contributed by atoms with Crippen LogP contribution < -0.4 is 5.32 Å². The van der Waals surface area contributed by atoms with Crippen LogP contribution in [0.5, 0.6) is 0 Å². The largest absolute Gasteiger partial charge is 0.312 e. The summed E-state index contributed by atoms with van der Waals surface area (Å²) in [6.45, 7) is 3.99. The predicted molar refractivity (Wildman–Crippen MR) is 73.6 cm³/mol. The SMILES string of the molecule is CNC(C)c1nnn(-c2cccc(Cl)c2Cl)c1C. The molecule has 18 heavy (non-hydrogen) atoms. The van der Waals surface area contributed by atoms with Crippen LogP contribution in [0.15, 0.2) is 18.2 Å². The Morgan fingerprint density at radius 3 is 2.72 bits per heavy atom. The Balaban J connectivity index is 2.52. The summed E-state index contributed by atoms with van der Waals surface area (Å²) >= 11 is 12.2. The second kappa shape index (κ2) is 5.26. The molecule has 2 aromatic rings. The number of nitrogens with zero attached hydrogens (tertiary/aromatic N) is 3. The van der Waals surface area contributed by atoms with Crippen LogP contribution in [0.3, 0.4) is 0 Å². The molecular weight excluding hydrogens is 271 g/mol. The smallest absolute Gasteiger partial charge is 0.103 e. The lowest BCUT2D eigenvalue weighted by molar-refractivity contribution is 0.627. The van der Waals surface area contributed by atoms with Gasteiger partial charge in [0.15, 0.2) is 0 Å². The van der Waals surface area contributed by atoms with Gasteiger partial charge in [-0.25, -0.2) is 4.68 Å². The van der Waals surface area contributed by atoms with Crippen molar-refractivity contribution in [3.63, 3.8) is 0 Å². The van der Waals surface area contributed by atoms with Crippen LogP contribution in [-0.2, 0) is 0 Å². The van der Waals surface area contributed by atoms with E-state index in [2.05, 4.69) is 15.6 Å². The average Bonchev–Trinajstić information content (AvgIpc) is 2.74. The minimum absolute atomic E-state index is 0.136. The van der Waals surface area contributed by atoms with Crippen LogP contribution in [0.1, 0.15) is 24.4 Å². The van der Waals surface area contributed by atoms with Crippen molar-refractivity contribution in [2.75, 3.05) is 7.05 Å². The Morgan fingerprint density at radius 2 is 2.06 bits per heavy atom. The van der Waals surface area contributed by atoms with E-state index in [9.17, 15) is 0 Å². The Labute approximate surface area is 116 Å². The van der Waals surface area contributed by atoms with Crippen molar-refractivity contribution in [1.82, 2.24) is 20.3 Å². The summed E-state index contributed by atoms with van der Waals surface area (Å²) in [7, 11) is 1.88. The summed E-state index contributed by atoms with van der Waals surface area (Å²) in [5.74, 6) is 0. The molecule has 1 unspecified atom stereocenters. The van der Waals surface area contributed by atoms with Crippen molar-refractivity contribution < 1.29 is 0 Å². The Hall–Kier alpha value is -1.10. The zero-order valence-corrected chi connectivity index (χ0v) is 11.9. The normalized spacial score (nSPS) is 12.7. The molecule has 0 saturated carbocycles. The van der Waals surface area contributed by atoms with Gasteiger partial charge in [0.1, 0.15) is 5.69 Å². The molecule has 1 heterocycles. The number of nitrogens with one attached hydrogen (secondary N) is 1. The van der Waals surface area contributed by atoms with Crippen molar-refractivity contribution in [2.45, 2.75) is 19.9 Å². The van der Waals surface area contributed by atoms with Crippen LogP contribution in [0.2, 0.25) is 10.0 Å². The molecule has 0 saturated heterocycles. The lowest BCUT2D eigenvalue weighted by Crippen LogP contribution is -2.14. The highest BCUT2D eigenvalue weighted by atomic mass is 35.5. The van der Waals surface area contributed by atoms with Crippen molar-refractivity contribution in [1.29, 1.82) is 0 Å². The van der Waals surface area contributed by atoms with E-state index in [1.807, 2.05) is 33.0 Å². The van der Waals surface area contributed by atoms with Gasteiger partial charge >= 0.3 is 0 Å². The highest BCUT2D eigenvalue weighted by Gasteiger charge is 2.16. The van der Waals surface area contributed by atoms with Gasteiger partial charge in [-0.3, -0.25) is 0 Å². The van der Waals surface area contributed by atoms with Crippen LogP contribution in [0.4, 0.5) is 0 Å². The summed E-state index contributed by atoms with van der Waals surface area (Å²) in [6.07, 6.45) is 0. The maximum atomic E-state index is 6.19. The quantitative estimate of drug-likeness (QED) is 0.942. The molecule has 0 aliphatic carbocycles. The molecule has 2 rings (SSSR count). The van der Waals surface area contributed by atoms with E-state index in [4.69, 9.17) is 23.2 Å². The molecular formula is C12H14Cl2N4. The molecule has 0 radical (unpaired) electrons. The van der Waals surface area contributed by atoms with Gasteiger partial charge < -0.3 is 5.32 Å². The molecule has 0 aliphatic rings. The molecule has 1 atom stereocenters. The molecule has 4 nitrogen and oxygen atoms in total. The number of rotatable bonds is 3. The fraction of sp³-hybridized carbons (Fsp3) is 0.333. The molecule has 0 bridgehead atoms. The maximum Gasteiger partial charge on any atom is 0.103 e. The van der Waals surface area contributed by atoms with Gasteiger partial charge in [0.05, 0.1) is 27.5 Å². The Kier molecular flexibility index (Phi) is 3.90. The molecule has 0 fully saturated rings. The Bertz CT molecular complexity index is 565. The van der Waals surface area contributed by atoms with Gasteiger partial charge in [-0.2, -0.15) is 0 Å². The van der Waals surface area contributed by atoms with Crippen LogP contribution in [0.25, 0.3) is 5.69 Å². The number of benzene rings is 1. The first-order valence-electron chi connectivity index (χ1n) is 5.60. The number of hydrogen-bond donors (Lipinski definition) is 1. The van der Waals surface area contributed by atoms with Crippen LogP contribution in [0, 0.1) is 6.92 Å². The van der Waals surface area contributed by atoms with Gasteiger partial charge in [0.2, 0.25) is 0 Å². The molecule has 1 aromatic heterocycles. The first-order valence-corrected chi connectivity index (χ1v) is 6.35. The average molecular weight is 285 g/mol. The molecule has 1 aromatic carbocycles. The third kappa shape index (κ3) is 2.23. The fourth-order valence-corrected chi connectivity index (χ4v) is 2.14. The second-order valence-electron chi connectivity index (χ2n) is 4.06. The third-order valence-electron chi connectivity index (χ3n) is 2.93. The second-order valence-corrected chi connectivity index (χ2v) is 4.84. The zero-order valence-electron chi connectivity index (χ0n) is 10.4. The van der Waals surface area contributed by atoms with E-state index >= 15 is 0 Å². The minimum Gasteiger partial charge on any atom is -0.312 e. The first-order chi connectivity index (χ1) is 8.56. The summed E-state index contributed by atoms with van der Waals surface area (Å²) in [5, 5.41) is 12.4. The minimum atomic E-state index is 0.136. The van der Waals surface area contributed by atoms with E-state index in [0.29, 0.717) is 10.0 Å². The predicted octanol–water partition coefficient (Wildman–Crippen LogP) is 3.16. The monoisotopic (exact) mass is 284 g/mol. The van der Waals surface area contributed by atoms with Gasteiger partial charge in [0, 0.05) is 0 Å². The van der Waals surface area contributed by atoms with Gasteiger partial charge in [-0.15, -0.1) is 5.10 Å². The van der Waals surface area contributed by atoms with Crippen LogP contribution >= 0.6 is 23.2 Å². The zero-order chi connectivity index (χ0) is 13.3. The molecule has 1 N–H and O–H groups in total. The van der Waals surface area contributed by atoms with E-state index in [1.54, 1.807) is 10.7 Å². The number of aromatic nitrogens is 3. The number of halogens is 2. The topological polar surface area (TPSA) is 42.7 Å². The number of hydrogen-bond acceptors (Lipinski definition) is 3. The highest BCUT2D eigenvalue weighted by Crippen LogP contribution is 2.29. The molecule has 0 spiro atoms. The van der Waals surface area contributed by atoms with Gasteiger partial charge in [0.25, 0.3) is 0 Å². The first kappa shape index (κ1) is 13.3. The summed E-state index contributed by atoms with van der Waals surface area (Å²) in [4.78, 5) is 0. The maximum absolute atomic E-state index is 6.19. The third-order valence-corrected chi connectivity index (χ3v) is 3.74. The standard InChI is InChI=1S/C12H14Cl2N4/c1-7(15-3)12-8(2)18(17-16-12)10-6-4-5-9(13)11(10)14/h4-7,15H,1-3H3. The lowest BCUT2D eigenvalue weighted by atomic mass is 10.2. The van der Waals surface area contributed by atoms with E-state index in [1.165, 1.54) is 0 Å². The summed E-state index contributed by atoms with van der Waals surface area (Å²) in [5.41, 5.74) is 2.58. The summed E-state index contributed by atoms with van der Waals surface area (Å²) in [6, 6.07) is 5.59.